The van der Waals surface area contributed by atoms with Gasteiger partial charge >= 0.3 is 0 Å². The Labute approximate surface area is 203 Å². The van der Waals surface area contributed by atoms with Gasteiger partial charge in [-0.15, -0.1) is 0 Å². The van der Waals surface area contributed by atoms with Crippen molar-refractivity contribution in [1.29, 1.82) is 0 Å². The van der Waals surface area contributed by atoms with Crippen molar-refractivity contribution in [1.82, 2.24) is 0 Å². The number of rotatable bonds is 8. The molecule has 186 valence electrons. The predicted molar refractivity (Wildman–Crippen MR) is 127 cm³/mol. The molecule has 1 aliphatic rings. The second-order valence-corrected chi connectivity index (χ2v) is 8.35. The van der Waals surface area contributed by atoms with E-state index in [2.05, 4.69) is 0 Å². The van der Waals surface area contributed by atoms with Crippen molar-refractivity contribution < 1.29 is 39.4 Å². The van der Waals surface area contributed by atoms with Gasteiger partial charge < -0.3 is 39.4 Å². The van der Waals surface area contributed by atoms with E-state index in [0.29, 0.717) is 11.5 Å². The quantitative estimate of drug-likeness (QED) is 0.359. The maximum atomic E-state index is 10.5. The molecule has 5 atom stereocenters. The van der Waals surface area contributed by atoms with Crippen LogP contribution in [0.4, 0.5) is 0 Å². The van der Waals surface area contributed by atoms with Crippen LogP contribution < -0.4 is 9.47 Å². The fourth-order valence-corrected chi connectivity index (χ4v) is 4.35. The number of ether oxygens (including phenoxy) is 4. The summed E-state index contributed by atoms with van der Waals surface area (Å²) < 4.78 is 22.7. The van der Waals surface area contributed by atoms with Crippen molar-refractivity contribution in [2.45, 2.75) is 36.3 Å². The van der Waals surface area contributed by atoms with Gasteiger partial charge in [0.15, 0.2) is 6.29 Å². The van der Waals surface area contributed by atoms with E-state index in [1.807, 2.05) is 78.9 Å². The van der Waals surface area contributed by atoms with E-state index in [0.717, 1.165) is 16.7 Å². The van der Waals surface area contributed by atoms with Crippen LogP contribution in [0.25, 0.3) is 0 Å². The highest BCUT2D eigenvalue weighted by atomic mass is 16.6. The Bertz CT molecular complexity index is 1020. The first-order valence-electron chi connectivity index (χ1n) is 11.3. The number of methoxy groups -OCH3 is 2. The normalized spacial score (nSPS) is 24.7. The summed E-state index contributed by atoms with van der Waals surface area (Å²) in [5, 5.41) is 40.5. The third-order valence-corrected chi connectivity index (χ3v) is 6.32. The van der Waals surface area contributed by atoms with Gasteiger partial charge in [0.2, 0.25) is 0 Å². The number of hydrogen-bond acceptors (Lipinski definition) is 8. The van der Waals surface area contributed by atoms with Crippen LogP contribution in [0.15, 0.2) is 78.9 Å². The maximum Gasteiger partial charge on any atom is 0.184 e. The molecule has 4 rings (SSSR count). The van der Waals surface area contributed by atoms with Crippen molar-refractivity contribution >= 4 is 0 Å². The molecule has 0 amide bonds. The summed E-state index contributed by atoms with van der Waals surface area (Å²) in [5.74, 6) is 1.36. The zero-order chi connectivity index (χ0) is 25.0. The largest absolute Gasteiger partial charge is 0.497 e. The van der Waals surface area contributed by atoms with Crippen LogP contribution >= 0.6 is 0 Å². The Morgan fingerprint density at radius 3 is 1.63 bits per heavy atom. The maximum absolute atomic E-state index is 10.5. The minimum absolute atomic E-state index is 0.199. The highest BCUT2D eigenvalue weighted by molar-refractivity contribution is 5.49. The molecule has 0 saturated carbocycles. The smallest absolute Gasteiger partial charge is 0.184 e. The number of aliphatic hydroxyl groups is 4. The van der Waals surface area contributed by atoms with Gasteiger partial charge in [0.1, 0.15) is 41.5 Å². The van der Waals surface area contributed by atoms with Crippen LogP contribution in [0.3, 0.4) is 0 Å². The van der Waals surface area contributed by atoms with E-state index < -0.39 is 36.3 Å². The van der Waals surface area contributed by atoms with E-state index in [9.17, 15) is 20.4 Å². The van der Waals surface area contributed by atoms with Gasteiger partial charge in [-0.1, -0.05) is 54.6 Å². The molecule has 8 heteroatoms. The summed E-state index contributed by atoms with van der Waals surface area (Å²) in [6.45, 7) is -0.199. The topological polar surface area (TPSA) is 118 Å². The summed E-state index contributed by atoms with van der Waals surface area (Å²) in [6, 6.07) is 24.4. The van der Waals surface area contributed by atoms with E-state index in [1.165, 1.54) is 0 Å². The molecule has 0 radical (unpaired) electrons. The van der Waals surface area contributed by atoms with Crippen LogP contribution in [0.2, 0.25) is 0 Å². The second-order valence-electron chi connectivity index (χ2n) is 8.35. The van der Waals surface area contributed by atoms with Crippen molar-refractivity contribution in [3.05, 3.63) is 95.6 Å². The molecule has 8 nitrogen and oxygen atoms in total. The summed E-state index contributed by atoms with van der Waals surface area (Å²) in [6.07, 6.45) is -7.42. The van der Waals surface area contributed by atoms with E-state index in [1.54, 1.807) is 14.2 Å². The SMILES string of the molecule is COc1ccc(C(OC[C@H]2O[C@H](O)[C@H](O)[C@@H](O)[C@H]2O)(c2ccccc2)c2ccc(OC)cc2)cc1. The van der Waals surface area contributed by atoms with Gasteiger partial charge in [0.05, 0.1) is 20.8 Å². The first-order valence-corrected chi connectivity index (χ1v) is 11.3. The summed E-state index contributed by atoms with van der Waals surface area (Å²) in [4.78, 5) is 0. The first kappa shape index (κ1) is 25.1. The molecule has 3 aromatic rings. The van der Waals surface area contributed by atoms with Gasteiger partial charge in [-0.3, -0.25) is 0 Å². The minimum Gasteiger partial charge on any atom is -0.497 e. The third kappa shape index (κ3) is 4.90. The van der Waals surface area contributed by atoms with Crippen molar-refractivity contribution in [3.8, 4) is 11.5 Å². The Morgan fingerprint density at radius 1 is 0.657 bits per heavy atom. The van der Waals surface area contributed by atoms with Crippen LogP contribution in [0.1, 0.15) is 16.7 Å². The van der Waals surface area contributed by atoms with Crippen molar-refractivity contribution in [3.63, 3.8) is 0 Å². The lowest BCUT2D eigenvalue weighted by atomic mass is 9.80. The van der Waals surface area contributed by atoms with Gasteiger partial charge in [0, 0.05) is 0 Å². The fraction of sp³-hybridized carbons (Fsp3) is 0.333. The van der Waals surface area contributed by atoms with Gasteiger partial charge in [-0.05, 0) is 41.0 Å². The molecule has 0 aromatic heterocycles. The molecule has 0 spiro atoms. The standard InChI is InChI=1S/C27H30O8/c1-32-20-12-8-18(9-13-20)27(17-6-4-3-5-7-17,19-10-14-21(33-2)15-11-19)34-16-22-23(28)24(29)25(30)26(31)35-22/h3-15,22-26,28-31H,16H2,1-2H3/t22-,23+,24+,25-,26+/m1/s1. The average molecular weight is 483 g/mol. The molecular weight excluding hydrogens is 452 g/mol. The lowest BCUT2D eigenvalue weighted by molar-refractivity contribution is -0.291. The van der Waals surface area contributed by atoms with Gasteiger partial charge in [-0.25, -0.2) is 0 Å². The third-order valence-electron chi connectivity index (χ3n) is 6.32. The number of hydrogen-bond donors (Lipinski definition) is 4. The Kier molecular flexibility index (Phi) is 7.71. The first-order chi connectivity index (χ1) is 16.9. The molecule has 0 bridgehead atoms. The lowest BCUT2D eigenvalue weighted by Gasteiger charge is -2.41. The van der Waals surface area contributed by atoms with Gasteiger partial charge in [0.25, 0.3) is 0 Å². The molecule has 1 saturated heterocycles. The zero-order valence-electron chi connectivity index (χ0n) is 19.5. The van der Waals surface area contributed by atoms with Crippen molar-refractivity contribution in [2.24, 2.45) is 0 Å². The Balaban J connectivity index is 1.82. The molecule has 35 heavy (non-hydrogen) atoms. The summed E-state index contributed by atoms with van der Waals surface area (Å²) >= 11 is 0. The Morgan fingerprint density at radius 2 is 1.14 bits per heavy atom. The molecule has 4 N–H and O–H groups in total. The van der Waals surface area contributed by atoms with Crippen LogP contribution in [-0.4, -0.2) is 72.0 Å². The lowest BCUT2D eigenvalue weighted by Crippen LogP contribution is -2.59. The summed E-state index contributed by atoms with van der Waals surface area (Å²) in [7, 11) is 3.18. The highest BCUT2D eigenvalue weighted by Crippen LogP contribution is 2.42. The Hall–Kier alpha value is -2.98. The van der Waals surface area contributed by atoms with E-state index >= 15 is 0 Å². The van der Waals surface area contributed by atoms with Crippen LogP contribution in [-0.2, 0) is 15.1 Å². The number of aliphatic hydroxyl groups excluding tert-OH is 4. The highest BCUT2D eigenvalue weighted by Gasteiger charge is 2.45. The molecule has 0 aliphatic carbocycles. The average Bonchev–Trinajstić information content (AvgIpc) is 2.91. The van der Waals surface area contributed by atoms with Gasteiger partial charge in [-0.2, -0.15) is 0 Å². The fourth-order valence-electron chi connectivity index (χ4n) is 4.35. The van der Waals surface area contributed by atoms with Crippen LogP contribution in [0, 0.1) is 0 Å². The van der Waals surface area contributed by atoms with Crippen molar-refractivity contribution in [2.75, 3.05) is 20.8 Å². The monoisotopic (exact) mass is 482 g/mol. The zero-order valence-corrected chi connectivity index (χ0v) is 19.5. The molecule has 1 aliphatic heterocycles. The predicted octanol–water partition coefficient (Wildman–Crippen LogP) is 1.81. The summed E-state index contributed by atoms with van der Waals surface area (Å²) in [5.41, 5.74) is 1.21. The molecule has 1 heterocycles. The molecule has 0 unspecified atom stereocenters. The van der Waals surface area contributed by atoms with Crippen LogP contribution in [0.5, 0.6) is 11.5 Å². The molecule has 1 fully saturated rings. The van der Waals surface area contributed by atoms with E-state index in [-0.39, 0.29) is 6.61 Å². The number of benzene rings is 3. The molecular formula is C27H30O8. The molecule has 3 aromatic carbocycles. The minimum atomic E-state index is -1.66. The van der Waals surface area contributed by atoms with E-state index in [4.69, 9.17) is 18.9 Å². The second kappa shape index (κ2) is 10.7.